The number of aromatic hydroxyl groups is 1. The molecule has 0 aromatic heterocycles. The van der Waals surface area contributed by atoms with E-state index in [1.807, 2.05) is 12.1 Å². The Morgan fingerprint density at radius 3 is 2.92 bits per heavy atom. The highest BCUT2D eigenvalue weighted by molar-refractivity contribution is 5.89. The third-order valence-electron chi connectivity index (χ3n) is 7.48. The molecular formula is C22H30O2. The van der Waals surface area contributed by atoms with Crippen LogP contribution < -0.4 is 0 Å². The van der Waals surface area contributed by atoms with Gasteiger partial charge in [-0.3, -0.25) is 4.79 Å². The molecule has 2 nitrogen and oxygen atoms in total. The molecule has 0 radical (unpaired) electrons. The third-order valence-corrected chi connectivity index (χ3v) is 7.48. The van der Waals surface area contributed by atoms with Gasteiger partial charge in [0.05, 0.1) is 0 Å². The van der Waals surface area contributed by atoms with E-state index in [0.29, 0.717) is 35.2 Å². The van der Waals surface area contributed by atoms with E-state index in [4.69, 9.17) is 0 Å². The van der Waals surface area contributed by atoms with E-state index in [1.54, 1.807) is 0 Å². The maximum Gasteiger partial charge on any atom is 0.142 e. The molecule has 1 N–H and O–H groups in total. The van der Waals surface area contributed by atoms with E-state index in [2.05, 4.69) is 19.9 Å². The summed E-state index contributed by atoms with van der Waals surface area (Å²) < 4.78 is 0. The number of unbranched alkanes of at least 4 members (excludes halogenated alkanes) is 1. The first kappa shape index (κ1) is 16.2. The van der Waals surface area contributed by atoms with Gasteiger partial charge < -0.3 is 5.11 Å². The van der Waals surface area contributed by atoms with Crippen LogP contribution >= 0.6 is 0 Å². The van der Waals surface area contributed by atoms with Crippen molar-refractivity contribution in [3.05, 3.63) is 29.3 Å². The number of phenols is 1. The fraction of sp³-hybridized carbons (Fsp3) is 0.682. The number of carbonyl (C=O) groups excluding carboxylic acids is 1. The van der Waals surface area contributed by atoms with E-state index in [1.165, 1.54) is 30.4 Å². The number of hydrogen-bond donors (Lipinski definition) is 1. The minimum Gasteiger partial charge on any atom is -0.508 e. The topological polar surface area (TPSA) is 37.3 Å². The highest BCUT2D eigenvalue weighted by atomic mass is 16.3. The summed E-state index contributed by atoms with van der Waals surface area (Å²) in [6.45, 7) is 4.49. The van der Waals surface area contributed by atoms with Crippen molar-refractivity contribution in [2.75, 3.05) is 0 Å². The molecule has 4 rings (SSSR count). The van der Waals surface area contributed by atoms with Crippen LogP contribution in [0.3, 0.4) is 0 Å². The van der Waals surface area contributed by atoms with Crippen LogP contribution in [0.25, 0.3) is 0 Å². The zero-order chi connectivity index (χ0) is 16.9. The lowest BCUT2D eigenvalue weighted by Gasteiger charge is -2.48. The SMILES string of the molecule is CCCC[C@H]1C[C@H]2[C@@H]3CCc4cc(O)ccc4[C@H]3CC[C@]2(C)C1=O. The normalized spacial score (nSPS) is 37.7. The van der Waals surface area contributed by atoms with E-state index < -0.39 is 0 Å². The first-order chi connectivity index (χ1) is 11.5. The number of rotatable bonds is 3. The molecule has 0 heterocycles. The van der Waals surface area contributed by atoms with Crippen molar-refractivity contribution in [3.63, 3.8) is 0 Å². The molecule has 2 saturated carbocycles. The molecule has 3 aliphatic rings. The van der Waals surface area contributed by atoms with Crippen LogP contribution in [0.5, 0.6) is 5.75 Å². The van der Waals surface area contributed by atoms with Gasteiger partial charge in [-0.05, 0) is 79.5 Å². The Bertz CT molecular complexity index is 649. The number of ketones is 1. The van der Waals surface area contributed by atoms with Gasteiger partial charge in [0.25, 0.3) is 0 Å². The van der Waals surface area contributed by atoms with Crippen LogP contribution in [-0.4, -0.2) is 10.9 Å². The summed E-state index contributed by atoms with van der Waals surface area (Å²) in [5, 5.41) is 9.78. The first-order valence-electron chi connectivity index (χ1n) is 9.90. The molecule has 0 spiro atoms. The van der Waals surface area contributed by atoms with Crippen molar-refractivity contribution < 1.29 is 9.90 Å². The van der Waals surface area contributed by atoms with Crippen LogP contribution in [0, 0.1) is 23.2 Å². The number of Topliss-reactive ketones (excluding diaryl/α,β-unsaturated/α-hetero) is 1. The Morgan fingerprint density at radius 1 is 1.29 bits per heavy atom. The Balaban J connectivity index is 1.62. The molecule has 0 amide bonds. The number of hydrogen-bond acceptors (Lipinski definition) is 2. The van der Waals surface area contributed by atoms with Gasteiger partial charge in [-0.25, -0.2) is 0 Å². The monoisotopic (exact) mass is 326 g/mol. The fourth-order valence-corrected chi connectivity index (χ4v) is 6.21. The zero-order valence-electron chi connectivity index (χ0n) is 15.1. The van der Waals surface area contributed by atoms with Gasteiger partial charge in [0.2, 0.25) is 0 Å². The van der Waals surface area contributed by atoms with Crippen molar-refractivity contribution >= 4 is 5.78 Å². The van der Waals surface area contributed by atoms with Crippen molar-refractivity contribution in [3.8, 4) is 5.75 Å². The largest absolute Gasteiger partial charge is 0.508 e. The Kier molecular flexibility index (Phi) is 3.97. The van der Waals surface area contributed by atoms with Crippen LogP contribution in [0.4, 0.5) is 0 Å². The summed E-state index contributed by atoms with van der Waals surface area (Å²) in [5.41, 5.74) is 2.73. The maximum atomic E-state index is 13.1. The van der Waals surface area contributed by atoms with Gasteiger partial charge in [-0.1, -0.05) is 32.8 Å². The van der Waals surface area contributed by atoms with Crippen molar-refractivity contribution in [2.45, 2.75) is 71.1 Å². The molecule has 1 aromatic rings. The standard InChI is InChI=1S/C22H30O2/c1-3-4-5-15-13-20-19-8-6-14-12-16(23)7-9-17(14)18(19)10-11-22(20,2)21(15)24/h7,9,12,15,18-20,23H,3-6,8,10-11,13H2,1-2H3/t15-,18+,19+,20-,22-/m0/s1. The number of carbonyl (C=O) groups is 1. The average molecular weight is 326 g/mol. The Labute approximate surface area is 145 Å². The first-order valence-corrected chi connectivity index (χ1v) is 9.90. The molecule has 1 aromatic carbocycles. The molecule has 0 aliphatic heterocycles. The number of aryl methyl sites for hydroxylation is 1. The molecule has 5 atom stereocenters. The van der Waals surface area contributed by atoms with Crippen LogP contribution in [0.1, 0.15) is 75.8 Å². The molecule has 0 unspecified atom stereocenters. The van der Waals surface area contributed by atoms with Crippen molar-refractivity contribution in [1.29, 1.82) is 0 Å². The number of phenolic OH excluding ortho intramolecular Hbond substituents is 1. The van der Waals surface area contributed by atoms with Crippen LogP contribution in [0.15, 0.2) is 18.2 Å². The summed E-state index contributed by atoms with van der Waals surface area (Å²) in [4.78, 5) is 13.1. The predicted molar refractivity (Wildman–Crippen MR) is 96.1 cm³/mol. The lowest BCUT2D eigenvalue weighted by molar-refractivity contribution is -0.132. The molecule has 3 aliphatic carbocycles. The van der Waals surface area contributed by atoms with Crippen LogP contribution in [-0.2, 0) is 11.2 Å². The predicted octanol–water partition coefficient (Wildman–Crippen LogP) is 5.23. The molecule has 2 heteroatoms. The van der Waals surface area contributed by atoms with Gasteiger partial charge in [-0.15, -0.1) is 0 Å². The fourth-order valence-electron chi connectivity index (χ4n) is 6.21. The molecule has 24 heavy (non-hydrogen) atoms. The van der Waals surface area contributed by atoms with E-state index >= 15 is 0 Å². The summed E-state index contributed by atoms with van der Waals surface area (Å²) in [7, 11) is 0. The smallest absolute Gasteiger partial charge is 0.142 e. The second-order valence-electron chi connectivity index (χ2n) is 8.69. The minimum atomic E-state index is -0.0615. The Morgan fingerprint density at radius 2 is 2.12 bits per heavy atom. The van der Waals surface area contributed by atoms with E-state index in [0.717, 1.165) is 32.1 Å². The Hall–Kier alpha value is -1.31. The van der Waals surface area contributed by atoms with Crippen molar-refractivity contribution in [1.82, 2.24) is 0 Å². The number of fused-ring (bicyclic) bond motifs is 5. The van der Waals surface area contributed by atoms with Crippen LogP contribution in [0.2, 0.25) is 0 Å². The highest BCUT2D eigenvalue weighted by Gasteiger charge is 2.57. The molecule has 0 bridgehead atoms. The molecule has 0 saturated heterocycles. The van der Waals surface area contributed by atoms with Crippen molar-refractivity contribution in [2.24, 2.45) is 23.2 Å². The zero-order valence-corrected chi connectivity index (χ0v) is 15.1. The number of benzene rings is 1. The molecule has 2 fully saturated rings. The molecule has 130 valence electrons. The van der Waals surface area contributed by atoms with Gasteiger partial charge in [-0.2, -0.15) is 0 Å². The minimum absolute atomic E-state index is 0.0615. The van der Waals surface area contributed by atoms with Gasteiger partial charge in [0.1, 0.15) is 11.5 Å². The molecular weight excluding hydrogens is 296 g/mol. The summed E-state index contributed by atoms with van der Waals surface area (Å²) in [5.74, 6) is 3.13. The second kappa shape index (κ2) is 5.89. The average Bonchev–Trinajstić information content (AvgIpc) is 2.84. The lowest BCUT2D eigenvalue weighted by Crippen LogP contribution is -2.42. The van der Waals surface area contributed by atoms with Gasteiger partial charge >= 0.3 is 0 Å². The summed E-state index contributed by atoms with van der Waals surface area (Å²) >= 11 is 0. The van der Waals surface area contributed by atoms with Gasteiger partial charge in [0.15, 0.2) is 0 Å². The third kappa shape index (κ3) is 2.33. The summed E-state index contributed by atoms with van der Waals surface area (Å²) in [6.07, 6.45) is 9.05. The lowest BCUT2D eigenvalue weighted by atomic mass is 9.55. The highest BCUT2D eigenvalue weighted by Crippen LogP contribution is 2.61. The summed E-state index contributed by atoms with van der Waals surface area (Å²) in [6, 6.07) is 5.96. The van der Waals surface area contributed by atoms with E-state index in [-0.39, 0.29) is 5.41 Å². The second-order valence-corrected chi connectivity index (χ2v) is 8.69. The van der Waals surface area contributed by atoms with Gasteiger partial charge in [0, 0.05) is 11.3 Å². The van der Waals surface area contributed by atoms with E-state index in [9.17, 15) is 9.90 Å². The maximum absolute atomic E-state index is 13.1. The quantitative estimate of drug-likeness (QED) is 0.825.